The third-order valence-electron chi connectivity index (χ3n) is 2.57. The summed E-state index contributed by atoms with van der Waals surface area (Å²) in [5, 5.41) is 0.421. The molecule has 100 valence electrons. The van der Waals surface area contributed by atoms with Gasteiger partial charge in [0.25, 0.3) is 0 Å². The van der Waals surface area contributed by atoms with Gasteiger partial charge in [-0.15, -0.1) is 0 Å². The predicted octanol–water partition coefficient (Wildman–Crippen LogP) is 4.54. The van der Waals surface area contributed by atoms with Crippen LogP contribution in [0, 0.1) is 5.82 Å². The SMILES string of the molecule is NCCc1cccc(F)c1Oc1cc(Br)ccc1Cl. The molecule has 0 aliphatic rings. The summed E-state index contributed by atoms with van der Waals surface area (Å²) < 4.78 is 20.3. The van der Waals surface area contributed by atoms with E-state index in [9.17, 15) is 4.39 Å². The normalized spacial score (nSPS) is 10.5. The van der Waals surface area contributed by atoms with Crippen LogP contribution in [0.25, 0.3) is 0 Å². The summed E-state index contributed by atoms with van der Waals surface area (Å²) in [6.45, 7) is 0.423. The van der Waals surface area contributed by atoms with Gasteiger partial charge < -0.3 is 10.5 Å². The van der Waals surface area contributed by atoms with Gasteiger partial charge in [0.2, 0.25) is 0 Å². The molecule has 0 fully saturated rings. The van der Waals surface area contributed by atoms with Crippen LogP contribution in [0.2, 0.25) is 5.02 Å². The van der Waals surface area contributed by atoms with Crippen LogP contribution in [0.15, 0.2) is 40.9 Å². The Morgan fingerprint density at radius 1 is 1.26 bits per heavy atom. The minimum Gasteiger partial charge on any atom is -0.452 e. The van der Waals surface area contributed by atoms with Crippen molar-refractivity contribution in [2.24, 2.45) is 5.73 Å². The molecular weight excluding hydrogens is 333 g/mol. The lowest BCUT2D eigenvalue weighted by Gasteiger charge is -2.13. The van der Waals surface area contributed by atoms with Crippen molar-refractivity contribution in [1.82, 2.24) is 0 Å². The van der Waals surface area contributed by atoms with E-state index in [1.165, 1.54) is 6.07 Å². The van der Waals surface area contributed by atoms with E-state index in [1.807, 2.05) is 0 Å². The highest BCUT2D eigenvalue weighted by Gasteiger charge is 2.12. The smallest absolute Gasteiger partial charge is 0.166 e. The second-order valence-electron chi connectivity index (χ2n) is 3.94. The third kappa shape index (κ3) is 3.47. The molecule has 0 unspecified atom stereocenters. The molecule has 2 nitrogen and oxygen atoms in total. The van der Waals surface area contributed by atoms with Crippen LogP contribution in [-0.4, -0.2) is 6.54 Å². The average molecular weight is 345 g/mol. The van der Waals surface area contributed by atoms with Crippen LogP contribution >= 0.6 is 27.5 Å². The molecule has 19 heavy (non-hydrogen) atoms. The Bertz CT molecular complexity index is 592. The number of hydrogen-bond acceptors (Lipinski definition) is 2. The molecule has 2 aromatic rings. The van der Waals surface area contributed by atoms with Gasteiger partial charge >= 0.3 is 0 Å². The Morgan fingerprint density at radius 2 is 2.05 bits per heavy atom. The summed E-state index contributed by atoms with van der Waals surface area (Å²) in [4.78, 5) is 0. The summed E-state index contributed by atoms with van der Waals surface area (Å²) in [6.07, 6.45) is 0.540. The summed E-state index contributed by atoms with van der Waals surface area (Å²) >= 11 is 9.36. The Labute approximate surface area is 124 Å². The first-order chi connectivity index (χ1) is 9.11. The first-order valence-corrected chi connectivity index (χ1v) is 6.89. The van der Waals surface area contributed by atoms with Gasteiger partial charge in [-0.3, -0.25) is 0 Å². The predicted molar refractivity (Wildman–Crippen MR) is 78.4 cm³/mol. The third-order valence-corrected chi connectivity index (χ3v) is 3.37. The molecule has 0 amide bonds. The lowest BCUT2D eigenvalue weighted by atomic mass is 10.1. The van der Waals surface area contributed by atoms with Crippen LogP contribution in [0.4, 0.5) is 4.39 Å². The van der Waals surface area contributed by atoms with Gasteiger partial charge in [-0.2, -0.15) is 0 Å². The van der Waals surface area contributed by atoms with Gasteiger partial charge in [-0.05, 0) is 42.8 Å². The molecule has 0 aliphatic heterocycles. The zero-order valence-corrected chi connectivity index (χ0v) is 12.3. The van der Waals surface area contributed by atoms with Crippen molar-refractivity contribution in [2.45, 2.75) is 6.42 Å². The van der Waals surface area contributed by atoms with Gasteiger partial charge in [-0.1, -0.05) is 39.7 Å². The van der Waals surface area contributed by atoms with Crippen molar-refractivity contribution in [3.05, 3.63) is 57.3 Å². The molecule has 0 bridgehead atoms. The summed E-state index contributed by atoms with van der Waals surface area (Å²) in [5.74, 6) is 0.148. The van der Waals surface area contributed by atoms with E-state index in [0.717, 1.165) is 10.0 Å². The van der Waals surface area contributed by atoms with E-state index in [0.29, 0.717) is 23.7 Å². The number of benzene rings is 2. The molecule has 0 saturated heterocycles. The van der Waals surface area contributed by atoms with Crippen molar-refractivity contribution < 1.29 is 9.13 Å². The average Bonchev–Trinajstić information content (AvgIpc) is 2.38. The van der Waals surface area contributed by atoms with Gasteiger partial charge in [0.05, 0.1) is 5.02 Å². The van der Waals surface area contributed by atoms with Crippen LogP contribution < -0.4 is 10.5 Å². The number of halogens is 3. The van der Waals surface area contributed by atoms with Crippen molar-refractivity contribution >= 4 is 27.5 Å². The van der Waals surface area contributed by atoms with Gasteiger partial charge in [0.15, 0.2) is 11.6 Å². The first-order valence-electron chi connectivity index (χ1n) is 5.72. The van der Waals surface area contributed by atoms with E-state index in [1.54, 1.807) is 30.3 Å². The molecule has 0 radical (unpaired) electrons. The van der Waals surface area contributed by atoms with Crippen molar-refractivity contribution in [3.63, 3.8) is 0 Å². The second-order valence-corrected chi connectivity index (χ2v) is 5.27. The molecule has 0 aliphatic carbocycles. The molecule has 0 saturated carbocycles. The van der Waals surface area contributed by atoms with E-state index in [-0.39, 0.29) is 5.75 Å². The number of nitrogens with two attached hydrogens (primary N) is 1. The first kappa shape index (κ1) is 14.3. The van der Waals surface area contributed by atoms with E-state index in [4.69, 9.17) is 22.1 Å². The highest BCUT2D eigenvalue weighted by atomic mass is 79.9. The number of hydrogen-bond donors (Lipinski definition) is 1. The lowest BCUT2D eigenvalue weighted by Crippen LogP contribution is -2.05. The fourth-order valence-corrected chi connectivity index (χ4v) is 2.18. The number of para-hydroxylation sites is 1. The molecular formula is C14H12BrClFNO. The second kappa shape index (κ2) is 6.37. The monoisotopic (exact) mass is 343 g/mol. The summed E-state index contributed by atoms with van der Waals surface area (Å²) in [5.41, 5.74) is 6.24. The molecule has 2 aromatic carbocycles. The fraction of sp³-hybridized carbons (Fsp3) is 0.143. The van der Waals surface area contributed by atoms with E-state index >= 15 is 0 Å². The Hall–Kier alpha value is -1.10. The van der Waals surface area contributed by atoms with Crippen LogP contribution in [-0.2, 0) is 6.42 Å². The highest BCUT2D eigenvalue weighted by Crippen LogP contribution is 2.34. The topological polar surface area (TPSA) is 35.2 Å². The maximum atomic E-state index is 13.9. The van der Waals surface area contributed by atoms with E-state index < -0.39 is 5.82 Å². The Kier molecular flexibility index (Phi) is 4.80. The van der Waals surface area contributed by atoms with Crippen molar-refractivity contribution in [3.8, 4) is 11.5 Å². The van der Waals surface area contributed by atoms with E-state index in [2.05, 4.69) is 15.9 Å². The van der Waals surface area contributed by atoms with Crippen LogP contribution in [0.5, 0.6) is 11.5 Å². The lowest BCUT2D eigenvalue weighted by molar-refractivity contribution is 0.436. The Morgan fingerprint density at radius 3 is 2.79 bits per heavy atom. The summed E-state index contributed by atoms with van der Waals surface area (Å²) in [6, 6.07) is 9.94. The quantitative estimate of drug-likeness (QED) is 0.884. The molecule has 0 heterocycles. The van der Waals surface area contributed by atoms with Gasteiger partial charge in [-0.25, -0.2) is 4.39 Å². The van der Waals surface area contributed by atoms with Crippen molar-refractivity contribution in [2.75, 3.05) is 6.54 Å². The minimum absolute atomic E-state index is 0.174. The van der Waals surface area contributed by atoms with Crippen molar-refractivity contribution in [1.29, 1.82) is 0 Å². The summed E-state index contributed by atoms with van der Waals surface area (Å²) in [7, 11) is 0. The molecule has 0 atom stereocenters. The minimum atomic E-state index is -0.429. The molecule has 0 aromatic heterocycles. The zero-order chi connectivity index (χ0) is 13.8. The standard InChI is InChI=1S/C14H12BrClFNO/c15-10-4-5-11(16)13(8-10)19-14-9(6-7-18)2-1-3-12(14)17/h1-5,8H,6-7,18H2. The van der Waals surface area contributed by atoms with Gasteiger partial charge in [0, 0.05) is 4.47 Å². The maximum absolute atomic E-state index is 13.9. The molecule has 2 rings (SSSR count). The van der Waals surface area contributed by atoms with Crippen LogP contribution in [0.3, 0.4) is 0 Å². The van der Waals surface area contributed by atoms with Gasteiger partial charge in [0.1, 0.15) is 5.75 Å². The number of rotatable bonds is 4. The molecule has 0 spiro atoms. The molecule has 5 heteroatoms. The Balaban J connectivity index is 2.39. The largest absolute Gasteiger partial charge is 0.452 e. The molecule has 2 N–H and O–H groups in total. The fourth-order valence-electron chi connectivity index (χ4n) is 1.69. The maximum Gasteiger partial charge on any atom is 0.166 e. The number of ether oxygens (including phenoxy) is 1. The highest BCUT2D eigenvalue weighted by molar-refractivity contribution is 9.10. The zero-order valence-electron chi connectivity index (χ0n) is 10.00. The van der Waals surface area contributed by atoms with Crippen LogP contribution in [0.1, 0.15) is 5.56 Å².